The summed E-state index contributed by atoms with van der Waals surface area (Å²) in [5.74, 6) is 5.88. The highest BCUT2D eigenvalue weighted by molar-refractivity contribution is 5.99. The first-order chi connectivity index (χ1) is 20.8. The van der Waals surface area contributed by atoms with E-state index < -0.39 is 11.9 Å². The smallest absolute Gasteiger partial charge is 0.304 e. The van der Waals surface area contributed by atoms with Crippen molar-refractivity contribution in [1.82, 2.24) is 9.47 Å². The van der Waals surface area contributed by atoms with Gasteiger partial charge in [0.25, 0.3) is 5.91 Å². The van der Waals surface area contributed by atoms with Crippen LogP contribution in [0.1, 0.15) is 70.8 Å². The van der Waals surface area contributed by atoms with Crippen molar-refractivity contribution in [2.24, 2.45) is 12.9 Å². The molecule has 0 saturated carbocycles. The number of carboxylic acid groups (broad SMARTS) is 1. The Morgan fingerprint density at radius 1 is 0.953 bits per heavy atom. The Morgan fingerprint density at radius 3 is 2.56 bits per heavy atom. The fourth-order valence-electron chi connectivity index (χ4n) is 6.45. The molecule has 8 bridgehead atoms. The van der Waals surface area contributed by atoms with Gasteiger partial charge in [-0.15, -0.1) is 0 Å². The highest BCUT2D eigenvalue weighted by atomic mass is 16.5. The lowest BCUT2D eigenvalue weighted by Crippen LogP contribution is -2.36. The van der Waals surface area contributed by atoms with E-state index >= 15 is 0 Å². The van der Waals surface area contributed by atoms with E-state index in [1.807, 2.05) is 65.0 Å². The molecule has 9 heteroatoms. The number of hydrogen-bond donors (Lipinski definition) is 3. The fraction of sp³-hybridized carbons (Fsp3) is 0.353. The summed E-state index contributed by atoms with van der Waals surface area (Å²) in [6, 6.07) is 19.7. The Morgan fingerprint density at radius 2 is 1.74 bits per heavy atom. The molecule has 0 fully saturated rings. The number of nitrogens with two attached hydrogens (primary N) is 2. The quantitative estimate of drug-likeness (QED) is 0.219. The van der Waals surface area contributed by atoms with E-state index in [1.54, 1.807) is 5.01 Å². The molecule has 43 heavy (non-hydrogen) atoms. The van der Waals surface area contributed by atoms with E-state index in [1.165, 1.54) is 5.56 Å². The molecule has 3 aromatic carbocycles. The molecule has 5 N–H and O–H groups in total. The molecule has 0 spiro atoms. The fourth-order valence-corrected chi connectivity index (χ4v) is 6.45. The second kappa shape index (κ2) is 12.0. The van der Waals surface area contributed by atoms with E-state index in [4.69, 9.17) is 16.3 Å². The minimum absolute atomic E-state index is 0.0246. The molecular formula is C34H39N5O4. The van der Waals surface area contributed by atoms with Gasteiger partial charge in [0.15, 0.2) is 0 Å². The van der Waals surface area contributed by atoms with Crippen LogP contribution in [0.4, 0.5) is 11.4 Å². The third-order valence-corrected chi connectivity index (χ3v) is 8.87. The topological polar surface area (TPSA) is 127 Å². The van der Waals surface area contributed by atoms with E-state index in [2.05, 4.69) is 12.1 Å². The zero-order valence-electron chi connectivity index (χ0n) is 24.6. The molecule has 0 radical (unpaired) electrons. The highest BCUT2D eigenvalue weighted by Gasteiger charge is 2.27. The van der Waals surface area contributed by atoms with Crippen molar-refractivity contribution >= 4 is 34.2 Å². The number of amides is 1. The summed E-state index contributed by atoms with van der Waals surface area (Å²) in [5, 5.41) is 12.5. The van der Waals surface area contributed by atoms with Crippen molar-refractivity contribution in [2.75, 3.05) is 30.4 Å². The van der Waals surface area contributed by atoms with Gasteiger partial charge in [0.1, 0.15) is 11.4 Å². The summed E-state index contributed by atoms with van der Waals surface area (Å²) in [7, 11) is 1.93. The molecule has 1 aromatic heterocycles. The number of benzene rings is 3. The van der Waals surface area contributed by atoms with Gasteiger partial charge in [-0.2, -0.15) is 0 Å². The first-order valence-electron chi connectivity index (χ1n) is 15.0. The second-order valence-electron chi connectivity index (χ2n) is 11.7. The van der Waals surface area contributed by atoms with Gasteiger partial charge in [-0.1, -0.05) is 37.1 Å². The number of rotatable bonds is 2. The number of hydrazine groups is 1. The van der Waals surface area contributed by atoms with Crippen molar-refractivity contribution < 1.29 is 19.4 Å². The first kappa shape index (κ1) is 28.6. The van der Waals surface area contributed by atoms with Gasteiger partial charge < -0.3 is 30.1 Å². The maximum absolute atomic E-state index is 13.8. The van der Waals surface area contributed by atoms with Crippen molar-refractivity contribution in [3.8, 4) is 5.75 Å². The second-order valence-corrected chi connectivity index (χ2v) is 11.7. The summed E-state index contributed by atoms with van der Waals surface area (Å²) in [5.41, 5.74) is 13.3. The highest BCUT2D eigenvalue weighted by Crippen LogP contribution is 2.35. The SMILES string of the molecule is Cn1c2cc3cc(ccc31)OCCCCCCN(N)c1ccc(cc1N)C(CC(=O)O)c1ccc3c(c1)CN(CC3)C2=O. The number of carbonyl (C=O) groups is 2. The normalized spacial score (nSPS) is 17.9. The molecule has 1 atom stereocenters. The third kappa shape index (κ3) is 5.90. The van der Waals surface area contributed by atoms with Crippen molar-refractivity contribution in [2.45, 2.75) is 51.0 Å². The van der Waals surface area contributed by atoms with Crippen LogP contribution in [0.15, 0.2) is 60.7 Å². The zero-order valence-corrected chi connectivity index (χ0v) is 24.6. The molecule has 4 heterocycles. The Balaban J connectivity index is 1.37. The summed E-state index contributed by atoms with van der Waals surface area (Å²) in [6.45, 7) is 2.36. The van der Waals surface area contributed by atoms with Crippen LogP contribution < -0.4 is 21.3 Å². The van der Waals surface area contributed by atoms with Crippen LogP contribution in [-0.2, 0) is 24.8 Å². The molecule has 0 saturated heterocycles. The van der Waals surface area contributed by atoms with Gasteiger partial charge in [-0.3, -0.25) is 9.59 Å². The van der Waals surface area contributed by atoms with E-state index in [0.717, 1.165) is 71.1 Å². The average molecular weight is 582 g/mol. The molecule has 9 nitrogen and oxygen atoms in total. The maximum atomic E-state index is 13.8. The van der Waals surface area contributed by atoms with Gasteiger partial charge in [-0.05, 0) is 77.9 Å². The molecule has 224 valence electrons. The van der Waals surface area contributed by atoms with Crippen LogP contribution in [-0.4, -0.2) is 46.1 Å². The van der Waals surface area contributed by atoms with Crippen LogP contribution in [0.5, 0.6) is 5.75 Å². The lowest BCUT2D eigenvalue weighted by atomic mass is 9.85. The predicted molar refractivity (Wildman–Crippen MR) is 168 cm³/mol. The van der Waals surface area contributed by atoms with Crippen molar-refractivity contribution in [3.05, 3.63) is 88.6 Å². The van der Waals surface area contributed by atoms with Gasteiger partial charge >= 0.3 is 5.97 Å². The van der Waals surface area contributed by atoms with Crippen LogP contribution in [0.25, 0.3) is 10.9 Å². The molecule has 3 aliphatic rings. The number of nitrogen functional groups attached to an aromatic ring is 1. The number of carbonyl (C=O) groups excluding carboxylic acids is 1. The Kier molecular flexibility index (Phi) is 7.99. The number of aliphatic carboxylic acids is 1. The molecular weight excluding hydrogens is 542 g/mol. The Labute approximate surface area is 251 Å². The minimum Gasteiger partial charge on any atom is -0.494 e. The summed E-state index contributed by atoms with van der Waals surface area (Å²) >= 11 is 0. The molecule has 3 aliphatic heterocycles. The number of carboxylic acids is 1. The lowest BCUT2D eigenvalue weighted by Gasteiger charge is -2.30. The number of ether oxygens (including phenoxy) is 1. The first-order valence-corrected chi connectivity index (χ1v) is 15.0. The summed E-state index contributed by atoms with van der Waals surface area (Å²) in [4.78, 5) is 27.7. The largest absolute Gasteiger partial charge is 0.494 e. The van der Waals surface area contributed by atoms with E-state index in [0.29, 0.717) is 37.6 Å². The average Bonchev–Trinajstić information content (AvgIpc) is 3.33. The Bertz CT molecular complexity index is 1680. The van der Waals surface area contributed by atoms with Crippen LogP contribution in [0.2, 0.25) is 0 Å². The van der Waals surface area contributed by atoms with Gasteiger partial charge in [0.2, 0.25) is 0 Å². The number of fused-ring (bicyclic) bond motifs is 9. The number of aromatic nitrogens is 1. The molecule has 7 rings (SSSR count). The number of aryl methyl sites for hydroxylation is 1. The van der Waals surface area contributed by atoms with E-state index in [-0.39, 0.29) is 12.3 Å². The van der Waals surface area contributed by atoms with Crippen LogP contribution in [0.3, 0.4) is 0 Å². The molecule has 0 aliphatic carbocycles. The number of nitrogens with zero attached hydrogens (tertiary/aromatic N) is 3. The monoisotopic (exact) mass is 581 g/mol. The maximum Gasteiger partial charge on any atom is 0.304 e. The molecule has 1 amide bonds. The minimum atomic E-state index is -0.889. The van der Waals surface area contributed by atoms with Gasteiger partial charge in [0, 0.05) is 43.5 Å². The predicted octanol–water partition coefficient (Wildman–Crippen LogP) is 5.20. The zero-order chi connectivity index (χ0) is 30.1. The standard InChI is InChI=1S/C34H39N5O4/c1-37-30-11-9-27-17-25(30)19-32(37)34(42)38-14-12-22-6-7-23(16-26(22)21-38)28(20-33(40)41)24-8-10-31(29(35)18-24)39(36)13-4-2-3-5-15-43-27/h6-11,16-19,28H,2-5,12-15,20-21,35-36H2,1H3,(H,40,41). The number of hydrogen-bond acceptors (Lipinski definition) is 6. The van der Waals surface area contributed by atoms with Crippen molar-refractivity contribution in [3.63, 3.8) is 0 Å². The number of anilines is 2. The molecule has 1 unspecified atom stereocenters. The summed E-state index contributed by atoms with van der Waals surface area (Å²) in [6.07, 6.45) is 4.53. The van der Waals surface area contributed by atoms with Gasteiger partial charge in [0.05, 0.1) is 24.4 Å². The third-order valence-electron chi connectivity index (χ3n) is 8.87. The van der Waals surface area contributed by atoms with E-state index in [9.17, 15) is 14.7 Å². The molecule has 4 aromatic rings. The Hall–Kier alpha value is -4.50. The van der Waals surface area contributed by atoms with Crippen molar-refractivity contribution in [1.29, 1.82) is 0 Å². The lowest BCUT2D eigenvalue weighted by molar-refractivity contribution is -0.137. The summed E-state index contributed by atoms with van der Waals surface area (Å²) < 4.78 is 8.00. The van der Waals surface area contributed by atoms with Crippen LogP contribution in [0, 0.1) is 0 Å². The van der Waals surface area contributed by atoms with Gasteiger partial charge in [-0.25, -0.2) is 5.84 Å². The van der Waals surface area contributed by atoms with Crippen LogP contribution >= 0.6 is 0 Å².